The van der Waals surface area contributed by atoms with E-state index in [1.54, 1.807) is 0 Å². The highest BCUT2D eigenvalue weighted by atomic mass is 16.3. The van der Waals surface area contributed by atoms with Gasteiger partial charge in [-0.3, -0.25) is 4.79 Å². The number of aliphatic hydroxyl groups excluding tert-OH is 1. The van der Waals surface area contributed by atoms with Gasteiger partial charge in [0.05, 0.1) is 0 Å². The average molecular weight is 429 g/mol. The summed E-state index contributed by atoms with van der Waals surface area (Å²) in [6, 6.07) is 0. The highest BCUT2D eigenvalue weighted by Crippen LogP contribution is 2.68. The van der Waals surface area contributed by atoms with Crippen LogP contribution in [-0.4, -0.2) is 17.5 Å². The third-order valence-corrected chi connectivity index (χ3v) is 11.2. The third kappa shape index (κ3) is 3.87. The predicted octanol–water partition coefficient (Wildman–Crippen LogP) is 7.21. The second-order valence-corrected chi connectivity index (χ2v) is 12.6. The number of carbonyl (C=O) groups excluding carboxylic acids is 1. The number of aliphatic hydroxyl groups is 1. The molecule has 0 saturated heterocycles. The van der Waals surface area contributed by atoms with E-state index in [0.29, 0.717) is 29.0 Å². The summed E-state index contributed by atoms with van der Waals surface area (Å²) < 4.78 is 0. The van der Waals surface area contributed by atoms with Crippen LogP contribution in [0.1, 0.15) is 105 Å². The van der Waals surface area contributed by atoms with Crippen molar-refractivity contribution in [3.05, 3.63) is 11.6 Å². The Morgan fingerprint density at radius 2 is 1.71 bits per heavy atom. The maximum atomic E-state index is 13.5. The molecule has 0 spiro atoms. The molecule has 0 aromatic carbocycles. The zero-order valence-corrected chi connectivity index (χ0v) is 21.0. The van der Waals surface area contributed by atoms with E-state index >= 15 is 0 Å². The lowest BCUT2D eigenvalue weighted by molar-refractivity contribution is -0.129. The quantitative estimate of drug-likeness (QED) is 0.454. The normalized spacial score (nSPS) is 44.7. The molecule has 0 heterocycles. The fourth-order valence-corrected chi connectivity index (χ4v) is 9.43. The number of fused-ring (bicyclic) bond motifs is 5. The molecule has 4 saturated carbocycles. The first-order chi connectivity index (χ1) is 14.8. The molecule has 0 aliphatic heterocycles. The van der Waals surface area contributed by atoms with E-state index in [-0.39, 0.29) is 18.4 Å². The van der Waals surface area contributed by atoms with Crippen LogP contribution in [0.3, 0.4) is 0 Å². The van der Waals surface area contributed by atoms with Crippen LogP contribution in [0.4, 0.5) is 0 Å². The molecular weight excluding hydrogens is 380 g/mol. The number of hydrogen-bond acceptors (Lipinski definition) is 2. The van der Waals surface area contributed by atoms with E-state index in [1.807, 2.05) is 19.9 Å². The number of allylic oxidation sites excluding steroid dienone is 2. The Morgan fingerprint density at radius 1 is 0.968 bits per heavy atom. The summed E-state index contributed by atoms with van der Waals surface area (Å²) in [4.78, 5) is 13.5. The molecule has 4 fully saturated rings. The largest absolute Gasteiger partial charge is 0.396 e. The molecule has 4 rings (SSSR count). The molecule has 9 atom stereocenters. The van der Waals surface area contributed by atoms with Crippen LogP contribution < -0.4 is 0 Å². The van der Waals surface area contributed by atoms with Gasteiger partial charge in [-0.15, -0.1) is 0 Å². The van der Waals surface area contributed by atoms with Gasteiger partial charge in [-0.05, 0) is 117 Å². The molecule has 1 N–H and O–H groups in total. The van der Waals surface area contributed by atoms with Crippen LogP contribution in [0.5, 0.6) is 0 Å². The molecule has 31 heavy (non-hydrogen) atoms. The van der Waals surface area contributed by atoms with Crippen molar-refractivity contribution >= 4 is 5.78 Å². The molecule has 0 bridgehead atoms. The number of hydrogen-bond donors (Lipinski definition) is 1. The van der Waals surface area contributed by atoms with Gasteiger partial charge in [0, 0.05) is 12.5 Å². The summed E-state index contributed by atoms with van der Waals surface area (Å²) in [5, 5.41) is 9.48. The molecule has 2 nitrogen and oxygen atoms in total. The van der Waals surface area contributed by atoms with E-state index in [0.717, 1.165) is 29.2 Å². The van der Waals surface area contributed by atoms with Gasteiger partial charge in [0.15, 0.2) is 5.78 Å². The summed E-state index contributed by atoms with van der Waals surface area (Å²) >= 11 is 0. The molecule has 0 aromatic rings. The first kappa shape index (κ1) is 23.5. The minimum Gasteiger partial charge on any atom is -0.396 e. The van der Waals surface area contributed by atoms with Crippen LogP contribution >= 0.6 is 0 Å². The van der Waals surface area contributed by atoms with Crippen LogP contribution in [-0.2, 0) is 4.79 Å². The second-order valence-electron chi connectivity index (χ2n) is 12.6. The lowest BCUT2D eigenvalue weighted by Gasteiger charge is -2.60. The maximum absolute atomic E-state index is 13.5. The highest BCUT2D eigenvalue weighted by Gasteiger charge is 2.60. The topological polar surface area (TPSA) is 37.3 Å². The third-order valence-electron chi connectivity index (χ3n) is 11.2. The monoisotopic (exact) mass is 428 g/mol. The van der Waals surface area contributed by atoms with Gasteiger partial charge in [-0.1, -0.05) is 46.6 Å². The minimum atomic E-state index is 0.116. The number of ketones is 1. The summed E-state index contributed by atoms with van der Waals surface area (Å²) in [5.41, 5.74) is 1.89. The fraction of sp³-hybridized carbons (Fsp3) is 0.897. The summed E-state index contributed by atoms with van der Waals surface area (Å²) in [6.07, 6.45) is 16.8. The van der Waals surface area contributed by atoms with Gasteiger partial charge in [-0.25, -0.2) is 0 Å². The van der Waals surface area contributed by atoms with Crippen LogP contribution in [0.15, 0.2) is 11.6 Å². The van der Waals surface area contributed by atoms with E-state index < -0.39 is 0 Å². The van der Waals surface area contributed by atoms with Crippen molar-refractivity contribution in [2.24, 2.45) is 52.3 Å². The van der Waals surface area contributed by atoms with Gasteiger partial charge in [-0.2, -0.15) is 0 Å². The first-order valence-electron chi connectivity index (χ1n) is 13.6. The summed E-state index contributed by atoms with van der Waals surface area (Å²) in [6.45, 7) is 11.6. The molecule has 176 valence electrons. The van der Waals surface area contributed by atoms with Crippen molar-refractivity contribution in [3.63, 3.8) is 0 Å². The van der Waals surface area contributed by atoms with Gasteiger partial charge >= 0.3 is 0 Å². The lowest BCUT2D eigenvalue weighted by atomic mass is 9.44. The van der Waals surface area contributed by atoms with Crippen molar-refractivity contribution in [1.29, 1.82) is 0 Å². The van der Waals surface area contributed by atoms with Gasteiger partial charge < -0.3 is 5.11 Å². The minimum absolute atomic E-state index is 0.116. The van der Waals surface area contributed by atoms with Crippen molar-refractivity contribution < 1.29 is 9.90 Å². The van der Waals surface area contributed by atoms with Crippen molar-refractivity contribution in [1.82, 2.24) is 0 Å². The fourth-order valence-electron chi connectivity index (χ4n) is 9.43. The van der Waals surface area contributed by atoms with Crippen LogP contribution in [0, 0.1) is 52.3 Å². The molecule has 2 heteroatoms. The molecule has 0 aromatic heterocycles. The van der Waals surface area contributed by atoms with Crippen LogP contribution in [0.25, 0.3) is 0 Å². The van der Waals surface area contributed by atoms with E-state index in [1.165, 1.54) is 64.2 Å². The standard InChI is InChI=1S/C29H48O2/c1-6-21(17-19(2)18-30)27(31)20(3)24-12-13-25-23-11-10-22-9-7-8-15-28(22,4)26(23)14-16-29(24,25)5/h6,19-20,22-26,30H,7-18H2,1-5H3/t19?,20-,22?,23-,24+,25-,26-,28-,29+/m0/s1. The average Bonchev–Trinajstić information content (AvgIpc) is 3.13. The zero-order valence-electron chi connectivity index (χ0n) is 21.0. The molecular formula is C29H48O2. The molecule has 0 radical (unpaired) electrons. The van der Waals surface area contributed by atoms with Crippen LogP contribution in [0.2, 0.25) is 0 Å². The maximum Gasteiger partial charge on any atom is 0.161 e. The molecule has 4 aliphatic rings. The molecule has 2 unspecified atom stereocenters. The van der Waals surface area contributed by atoms with Crippen molar-refractivity contribution in [2.75, 3.05) is 6.61 Å². The van der Waals surface area contributed by atoms with E-state index in [9.17, 15) is 9.90 Å². The van der Waals surface area contributed by atoms with E-state index in [2.05, 4.69) is 20.8 Å². The Labute approximate surface area is 191 Å². The number of carbonyl (C=O) groups is 1. The molecule has 4 aliphatic carbocycles. The Kier molecular flexibility index (Phi) is 6.80. The van der Waals surface area contributed by atoms with Crippen molar-refractivity contribution in [3.8, 4) is 0 Å². The SMILES string of the molecule is CC=C(CC(C)CO)C(=O)[C@@H](C)[C@H]1CC[C@H]2[C@@H]3CCC4CCCC[C@]4(C)[C@H]3CC[C@]12C. The number of rotatable bonds is 6. The van der Waals surface area contributed by atoms with Crippen molar-refractivity contribution in [2.45, 2.75) is 105 Å². The second kappa shape index (κ2) is 8.96. The van der Waals surface area contributed by atoms with Gasteiger partial charge in [0.1, 0.15) is 0 Å². The lowest BCUT2D eigenvalue weighted by Crippen LogP contribution is -2.53. The highest BCUT2D eigenvalue weighted by molar-refractivity contribution is 5.97. The first-order valence-corrected chi connectivity index (χ1v) is 13.6. The summed E-state index contributed by atoms with van der Waals surface area (Å²) in [5.74, 6) is 4.82. The smallest absolute Gasteiger partial charge is 0.161 e. The Balaban J connectivity index is 1.51. The van der Waals surface area contributed by atoms with Gasteiger partial charge in [0.25, 0.3) is 0 Å². The Morgan fingerprint density at radius 3 is 2.42 bits per heavy atom. The zero-order chi connectivity index (χ0) is 22.4. The molecule has 0 amide bonds. The number of Topliss-reactive ketones (excluding diaryl/α,β-unsaturated/α-hetero) is 1. The Hall–Kier alpha value is -0.630. The predicted molar refractivity (Wildman–Crippen MR) is 129 cm³/mol. The summed E-state index contributed by atoms with van der Waals surface area (Å²) in [7, 11) is 0. The van der Waals surface area contributed by atoms with E-state index in [4.69, 9.17) is 0 Å². The Bertz CT molecular complexity index is 695. The van der Waals surface area contributed by atoms with Gasteiger partial charge in [0.2, 0.25) is 0 Å².